The lowest BCUT2D eigenvalue weighted by Crippen LogP contribution is -2.47. The zero-order valence-electron chi connectivity index (χ0n) is 14.6. The van der Waals surface area contributed by atoms with Gasteiger partial charge in [-0.25, -0.2) is 0 Å². The zero-order chi connectivity index (χ0) is 16.7. The Labute approximate surface area is 140 Å². The smallest absolute Gasteiger partial charge is 0.221 e. The summed E-state index contributed by atoms with van der Waals surface area (Å²) in [5.41, 5.74) is 2.61. The molecule has 2 N–H and O–H groups in total. The number of rotatable bonds is 7. The number of hydrogen-bond acceptors (Lipinski definition) is 4. The van der Waals surface area contributed by atoms with Crippen molar-refractivity contribution >= 4 is 11.6 Å². The van der Waals surface area contributed by atoms with Crippen LogP contribution >= 0.6 is 0 Å². The molecular weight excluding hydrogens is 288 g/mol. The van der Waals surface area contributed by atoms with E-state index >= 15 is 0 Å². The SMILES string of the molecule is CNC(C)CNC(=O)CCN1CCN(c2cccc(C)c2)CC1. The third kappa shape index (κ3) is 5.84. The van der Waals surface area contributed by atoms with Gasteiger partial charge in [0.2, 0.25) is 5.91 Å². The first-order valence-electron chi connectivity index (χ1n) is 8.56. The molecule has 1 aliphatic heterocycles. The second kappa shape index (κ2) is 8.89. The third-order valence-electron chi connectivity index (χ3n) is 4.49. The molecular formula is C18H30N4O. The monoisotopic (exact) mass is 318 g/mol. The molecule has 1 fully saturated rings. The number of piperazine rings is 1. The molecule has 0 saturated carbocycles. The molecule has 1 aromatic carbocycles. The molecule has 23 heavy (non-hydrogen) atoms. The van der Waals surface area contributed by atoms with Crippen molar-refractivity contribution in [1.29, 1.82) is 0 Å². The van der Waals surface area contributed by atoms with Gasteiger partial charge in [-0.2, -0.15) is 0 Å². The highest BCUT2D eigenvalue weighted by atomic mass is 16.1. The van der Waals surface area contributed by atoms with Gasteiger partial charge in [-0.1, -0.05) is 12.1 Å². The number of likely N-dealkylation sites (N-methyl/N-ethyl adjacent to an activating group) is 1. The molecule has 1 amide bonds. The van der Waals surface area contributed by atoms with Gasteiger partial charge >= 0.3 is 0 Å². The minimum absolute atomic E-state index is 0.146. The Hall–Kier alpha value is -1.59. The summed E-state index contributed by atoms with van der Waals surface area (Å²) < 4.78 is 0. The standard InChI is InChI=1S/C18H30N4O/c1-15-5-4-6-17(13-15)22-11-9-21(10-12-22)8-7-18(23)20-14-16(2)19-3/h4-6,13,16,19H,7-12,14H2,1-3H3,(H,20,23). The van der Waals surface area contributed by atoms with Gasteiger partial charge in [0.05, 0.1) is 0 Å². The molecule has 1 unspecified atom stereocenters. The summed E-state index contributed by atoms with van der Waals surface area (Å²) in [5, 5.41) is 6.09. The number of benzene rings is 1. The fourth-order valence-corrected chi connectivity index (χ4v) is 2.77. The molecule has 5 heteroatoms. The number of anilines is 1. The van der Waals surface area contributed by atoms with Crippen LogP contribution < -0.4 is 15.5 Å². The Bertz CT molecular complexity index is 498. The Morgan fingerprint density at radius 2 is 2.00 bits per heavy atom. The van der Waals surface area contributed by atoms with Crippen LogP contribution in [0.3, 0.4) is 0 Å². The van der Waals surface area contributed by atoms with Crippen LogP contribution in [0.4, 0.5) is 5.69 Å². The van der Waals surface area contributed by atoms with Crippen molar-refractivity contribution in [3.8, 4) is 0 Å². The lowest BCUT2D eigenvalue weighted by molar-refractivity contribution is -0.121. The van der Waals surface area contributed by atoms with Crippen LogP contribution in [0.25, 0.3) is 0 Å². The van der Waals surface area contributed by atoms with Crippen LogP contribution in [0.2, 0.25) is 0 Å². The quantitative estimate of drug-likeness (QED) is 0.794. The van der Waals surface area contributed by atoms with Crippen LogP contribution in [0.15, 0.2) is 24.3 Å². The summed E-state index contributed by atoms with van der Waals surface area (Å²) in [4.78, 5) is 16.7. The van der Waals surface area contributed by atoms with Crippen molar-refractivity contribution in [1.82, 2.24) is 15.5 Å². The lowest BCUT2D eigenvalue weighted by atomic mass is 10.2. The molecule has 1 aromatic rings. The van der Waals surface area contributed by atoms with Crippen molar-refractivity contribution in [2.45, 2.75) is 26.3 Å². The minimum atomic E-state index is 0.146. The molecule has 0 aliphatic carbocycles. The van der Waals surface area contributed by atoms with E-state index in [1.807, 2.05) is 7.05 Å². The molecule has 1 saturated heterocycles. The molecule has 0 aromatic heterocycles. The summed E-state index contributed by atoms with van der Waals surface area (Å²) in [6, 6.07) is 8.99. The van der Waals surface area contributed by atoms with Gasteiger partial charge in [0.1, 0.15) is 0 Å². The number of amides is 1. The number of carbonyl (C=O) groups is 1. The van der Waals surface area contributed by atoms with E-state index in [0.29, 0.717) is 19.0 Å². The van der Waals surface area contributed by atoms with Gasteiger partial charge in [0, 0.05) is 57.4 Å². The maximum absolute atomic E-state index is 11.9. The highest BCUT2D eigenvalue weighted by Crippen LogP contribution is 2.17. The largest absolute Gasteiger partial charge is 0.369 e. The fraction of sp³-hybridized carbons (Fsp3) is 0.611. The Morgan fingerprint density at radius 1 is 1.26 bits per heavy atom. The maximum atomic E-state index is 11.9. The van der Waals surface area contributed by atoms with Gasteiger partial charge in [0.15, 0.2) is 0 Å². The van der Waals surface area contributed by atoms with E-state index in [-0.39, 0.29) is 5.91 Å². The first-order valence-corrected chi connectivity index (χ1v) is 8.56. The normalized spacial score (nSPS) is 17.1. The van der Waals surface area contributed by atoms with E-state index in [1.54, 1.807) is 0 Å². The fourth-order valence-electron chi connectivity index (χ4n) is 2.77. The van der Waals surface area contributed by atoms with E-state index in [0.717, 1.165) is 32.7 Å². The van der Waals surface area contributed by atoms with E-state index < -0.39 is 0 Å². The van der Waals surface area contributed by atoms with E-state index in [2.05, 4.69) is 58.5 Å². The van der Waals surface area contributed by atoms with Crippen molar-refractivity contribution < 1.29 is 4.79 Å². The number of carbonyl (C=O) groups excluding carboxylic acids is 1. The molecule has 1 atom stereocenters. The highest BCUT2D eigenvalue weighted by Gasteiger charge is 2.17. The highest BCUT2D eigenvalue weighted by molar-refractivity contribution is 5.76. The summed E-state index contributed by atoms with van der Waals surface area (Å²) in [6.45, 7) is 9.84. The Morgan fingerprint density at radius 3 is 2.65 bits per heavy atom. The lowest BCUT2D eigenvalue weighted by Gasteiger charge is -2.36. The average molecular weight is 318 g/mol. The van der Waals surface area contributed by atoms with E-state index in [9.17, 15) is 4.79 Å². The number of hydrogen-bond donors (Lipinski definition) is 2. The molecule has 5 nitrogen and oxygen atoms in total. The van der Waals surface area contributed by atoms with Crippen LogP contribution in [-0.2, 0) is 4.79 Å². The molecule has 0 radical (unpaired) electrons. The summed E-state index contributed by atoms with van der Waals surface area (Å²) >= 11 is 0. The molecule has 2 rings (SSSR count). The third-order valence-corrected chi connectivity index (χ3v) is 4.49. The first kappa shape index (κ1) is 17.8. The second-order valence-electron chi connectivity index (χ2n) is 6.41. The van der Waals surface area contributed by atoms with Crippen LogP contribution in [0.1, 0.15) is 18.9 Å². The van der Waals surface area contributed by atoms with Gasteiger partial charge in [-0.3, -0.25) is 9.69 Å². The van der Waals surface area contributed by atoms with Crippen molar-refractivity contribution in [2.75, 3.05) is 51.2 Å². The number of nitrogens with one attached hydrogen (secondary N) is 2. The second-order valence-corrected chi connectivity index (χ2v) is 6.41. The van der Waals surface area contributed by atoms with E-state index in [4.69, 9.17) is 0 Å². The first-order chi connectivity index (χ1) is 11.1. The van der Waals surface area contributed by atoms with Gasteiger partial charge in [-0.05, 0) is 38.6 Å². The zero-order valence-corrected chi connectivity index (χ0v) is 14.6. The van der Waals surface area contributed by atoms with Crippen LogP contribution in [0.5, 0.6) is 0 Å². The van der Waals surface area contributed by atoms with Gasteiger partial charge in [-0.15, -0.1) is 0 Å². The Balaban J connectivity index is 1.68. The summed E-state index contributed by atoms with van der Waals surface area (Å²) in [6.07, 6.45) is 0.584. The van der Waals surface area contributed by atoms with Gasteiger partial charge in [0.25, 0.3) is 0 Å². The number of nitrogens with zero attached hydrogens (tertiary/aromatic N) is 2. The predicted octanol–water partition coefficient (Wildman–Crippen LogP) is 1.23. The van der Waals surface area contributed by atoms with E-state index in [1.165, 1.54) is 11.3 Å². The van der Waals surface area contributed by atoms with Crippen LogP contribution in [-0.4, -0.2) is 63.2 Å². The molecule has 1 aliphatic rings. The van der Waals surface area contributed by atoms with Crippen molar-refractivity contribution in [3.05, 3.63) is 29.8 Å². The Kier molecular flexibility index (Phi) is 6.86. The summed E-state index contributed by atoms with van der Waals surface area (Å²) in [5.74, 6) is 0.146. The maximum Gasteiger partial charge on any atom is 0.221 e. The molecule has 128 valence electrons. The minimum Gasteiger partial charge on any atom is -0.369 e. The van der Waals surface area contributed by atoms with Gasteiger partial charge < -0.3 is 15.5 Å². The van der Waals surface area contributed by atoms with Crippen LogP contribution in [0, 0.1) is 6.92 Å². The predicted molar refractivity (Wildman–Crippen MR) is 96.0 cm³/mol. The number of aryl methyl sites for hydroxylation is 1. The van der Waals surface area contributed by atoms with Crippen molar-refractivity contribution in [2.24, 2.45) is 0 Å². The van der Waals surface area contributed by atoms with Crippen molar-refractivity contribution in [3.63, 3.8) is 0 Å². The topological polar surface area (TPSA) is 47.6 Å². The molecule has 1 heterocycles. The summed E-state index contributed by atoms with van der Waals surface area (Å²) in [7, 11) is 1.91. The average Bonchev–Trinajstić information content (AvgIpc) is 2.58. The molecule has 0 spiro atoms. The molecule has 0 bridgehead atoms.